The van der Waals surface area contributed by atoms with Crippen molar-refractivity contribution < 1.29 is 18.3 Å². The highest BCUT2D eigenvalue weighted by Gasteiger charge is 2.17. The van der Waals surface area contributed by atoms with E-state index in [2.05, 4.69) is 0 Å². The molecule has 0 aliphatic carbocycles. The fourth-order valence-electron chi connectivity index (χ4n) is 1.83. The van der Waals surface area contributed by atoms with Gasteiger partial charge in [0.05, 0.1) is 12.1 Å². The number of hydrogen-bond acceptors (Lipinski definition) is 3. The number of halogens is 2. The summed E-state index contributed by atoms with van der Waals surface area (Å²) in [7, 11) is 1.53. The third-order valence-electron chi connectivity index (χ3n) is 2.73. The van der Waals surface area contributed by atoms with E-state index in [1.807, 2.05) is 0 Å². The Morgan fingerprint density at radius 1 is 1.32 bits per heavy atom. The molecule has 2 rings (SSSR count). The number of nitrogens with zero attached hydrogens (tertiary/aromatic N) is 1. The van der Waals surface area contributed by atoms with E-state index in [0.717, 1.165) is 12.1 Å². The third-order valence-corrected chi connectivity index (χ3v) is 2.73. The Bertz CT molecular complexity index is 722. The minimum Gasteiger partial charge on any atom is -0.462 e. The van der Waals surface area contributed by atoms with Crippen LogP contribution in [0, 0.1) is 11.6 Å². The largest absolute Gasteiger partial charge is 0.462 e. The van der Waals surface area contributed by atoms with Gasteiger partial charge in [-0.1, -0.05) is 0 Å². The lowest BCUT2D eigenvalue weighted by Crippen LogP contribution is -2.20. The van der Waals surface area contributed by atoms with Crippen LogP contribution < -0.4 is 5.43 Å². The van der Waals surface area contributed by atoms with Crippen molar-refractivity contribution >= 4 is 16.9 Å². The number of fused-ring (bicyclic) bond motifs is 1. The maximum atomic E-state index is 13.2. The number of esters is 1. The second kappa shape index (κ2) is 4.79. The lowest BCUT2D eigenvalue weighted by atomic mass is 10.1. The summed E-state index contributed by atoms with van der Waals surface area (Å²) in [6, 6.07) is 1.71. The number of pyridine rings is 1. The predicted octanol–water partition coefficient (Wildman–Crippen LogP) is 1.99. The molecule has 0 bridgehead atoms. The van der Waals surface area contributed by atoms with Gasteiger partial charge < -0.3 is 9.30 Å². The first-order valence-corrected chi connectivity index (χ1v) is 5.61. The Morgan fingerprint density at radius 2 is 1.95 bits per heavy atom. The fourth-order valence-corrected chi connectivity index (χ4v) is 1.83. The number of carbonyl (C=O) groups excluding carboxylic acids is 1. The average molecular weight is 267 g/mol. The van der Waals surface area contributed by atoms with E-state index in [1.54, 1.807) is 6.92 Å². The normalized spacial score (nSPS) is 10.7. The molecule has 0 amide bonds. The molecule has 0 aliphatic rings. The Labute approximate surface area is 107 Å². The van der Waals surface area contributed by atoms with Crippen LogP contribution in [0.2, 0.25) is 0 Å². The molecule has 0 spiro atoms. The van der Waals surface area contributed by atoms with Crippen molar-refractivity contribution in [3.8, 4) is 0 Å². The summed E-state index contributed by atoms with van der Waals surface area (Å²) in [5.74, 6) is -2.97. The molecule has 2 aromatic rings. The molecule has 1 aromatic carbocycles. The van der Waals surface area contributed by atoms with E-state index in [9.17, 15) is 18.4 Å². The lowest BCUT2D eigenvalue weighted by molar-refractivity contribution is 0.0524. The van der Waals surface area contributed by atoms with Crippen LogP contribution in [0.4, 0.5) is 8.78 Å². The number of hydrogen-bond donors (Lipinski definition) is 0. The van der Waals surface area contributed by atoms with Gasteiger partial charge in [-0.2, -0.15) is 0 Å². The molecule has 0 N–H and O–H groups in total. The maximum absolute atomic E-state index is 13.2. The van der Waals surface area contributed by atoms with Gasteiger partial charge in [0.2, 0.25) is 5.43 Å². The van der Waals surface area contributed by atoms with Crippen LogP contribution in [0.3, 0.4) is 0 Å². The number of benzene rings is 1. The number of rotatable bonds is 2. The van der Waals surface area contributed by atoms with E-state index in [0.29, 0.717) is 0 Å². The van der Waals surface area contributed by atoms with E-state index < -0.39 is 23.0 Å². The molecule has 0 unspecified atom stereocenters. The standard InChI is InChI=1S/C13H11F2NO3/c1-3-19-13(18)8-6-16(2)11-5-10(15)9(14)4-7(11)12(8)17/h4-6H,3H2,1-2H3. The molecule has 4 nitrogen and oxygen atoms in total. The Hall–Kier alpha value is -2.24. The van der Waals surface area contributed by atoms with Crippen LogP contribution in [0.5, 0.6) is 0 Å². The Kier molecular flexibility index (Phi) is 3.33. The van der Waals surface area contributed by atoms with Gasteiger partial charge in [0.15, 0.2) is 11.6 Å². The highest BCUT2D eigenvalue weighted by atomic mass is 19.2. The van der Waals surface area contributed by atoms with Crippen molar-refractivity contribution in [2.45, 2.75) is 6.92 Å². The third kappa shape index (κ3) is 2.21. The van der Waals surface area contributed by atoms with Gasteiger partial charge in [-0.3, -0.25) is 4.79 Å². The molecule has 100 valence electrons. The van der Waals surface area contributed by atoms with Crippen molar-refractivity contribution in [3.05, 3.63) is 45.8 Å². The van der Waals surface area contributed by atoms with Gasteiger partial charge in [-0.25, -0.2) is 13.6 Å². The SMILES string of the molecule is CCOC(=O)c1cn(C)c2cc(F)c(F)cc2c1=O. The van der Waals surface area contributed by atoms with Gasteiger partial charge in [0.1, 0.15) is 5.56 Å². The van der Waals surface area contributed by atoms with Crippen molar-refractivity contribution in [1.82, 2.24) is 4.57 Å². The molecule has 0 fully saturated rings. The fraction of sp³-hybridized carbons (Fsp3) is 0.231. The maximum Gasteiger partial charge on any atom is 0.343 e. The summed E-state index contributed by atoms with van der Waals surface area (Å²) in [4.78, 5) is 23.7. The predicted molar refractivity (Wildman–Crippen MR) is 65.1 cm³/mol. The number of ether oxygens (including phenoxy) is 1. The molecular weight excluding hydrogens is 256 g/mol. The van der Waals surface area contributed by atoms with Crippen molar-refractivity contribution in [3.63, 3.8) is 0 Å². The molecule has 1 heterocycles. The number of carbonyl (C=O) groups is 1. The molecule has 0 aliphatic heterocycles. The van der Waals surface area contributed by atoms with Gasteiger partial charge >= 0.3 is 5.97 Å². The molecule has 0 saturated carbocycles. The summed E-state index contributed by atoms with van der Waals surface area (Å²) < 4.78 is 32.5. The highest BCUT2D eigenvalue weighted by molar-refractivity contribution is 5.93. The van der Waals surface area contributed by atoms with Crippen LogP contribution in [-0.2, 0) is 11.8 Å². The molecule has 0 atom stereocenters. The van der Waals surface area contributed by atoms with Crippen LogP contribution in [0.15, 0.2) is 23.1 Å². The van der Waals surface area contributed by atoms with Gasteiger partial charge in [-0.05, 0) is 13.0 Å². The molecule has 19 heavy (non-hydrogen) atoms. The first-order valence-electron chi connectivity index (χ1n) is 5.61. The van der Waals surface area contributed by atoms with Gasteiger partial charge in [0, 0.05) is 24.7 Å². The van der Waals surface area contributed by atoms with E-state index in [1.165, 1.54) is 17.8 Å². The molecule has 0 saturated heterocycles. The second-order valence-corrected chi connectivity index (χ2v) is 3.99. The Morgan fingerprint density at radius 3 is 2.58 bits per heavy atom. The Balaban J connectivity index is 2.78. The van der Waals surface area contributed by atoms with Crippen LogP contribution >= 0.6 is 0 Å². The zero-order chi connectivity index (χ0) is 14.2. The van der Waals surface area contributed by atoms with E-state index in [-0.39, 0.29) is 23.1 Å². The number of aromatic nitrogens is 1. The number of aryl methyl sites for hydroxylation is 1. The minimum absolute atomic E-state index is 0.0630. The summed E-state index contributed by atoms with van der Waals surface area (Å²) in [6.45, 7) is 1.73. The van der Waals surface area contributed by atoms with Crippen LogP contribution in [0.1, 0.15) is 17.3 Å². The molecule has 1 aromatic heterocycles. The summed E-state index contributed by atoms with van der Waals surface area (Å²) in [6.07, 6.45) is 1.25. The molecule has 6 heteroatoms. The summed E-state index contributed by atoms with van der Waals surface area (Å²) >= 11 is 0. The quantitative estimate of drug-likeness (QED) is 0.782. The van der Waals surface area contributed by atoms with Crippen molar-refractivity contribution in [2.75, 3.05) is 6.61 Å². The summed E-state index contributed by atoms with van der Waals surface area (Å²) in [5.41, 5.74) is -0.676. The zero-order valence-corrected chi connectivity index (χ0v) is 10.4. The summed E-state index contributed by atoms with van der Waals surface area (Å²) in [5, 5.41) is -0.0630. The molecular formula is C13H11F2NO3. The highest BCUT2D eigenvalue weighted by Crippen LogP contribution is 2.16. The average Bonchev–Trinajstić information content (AvgIpc) is 2.36. The van der Waals surface area contributed by atoms with E-state index in [4.69, 9.17) is 4.74 Å². The molecule has 0 radical (unpaired) electrons. The topological polar surface area (TPSA) is 48.3 Å². The van der Waals surface area contributed by atoms with Gasteiger partial charge in [-0.15, -0.1) is 0 Å². The minimum atomic E-state index is -1.13. The first kappa shape index (κ1) is 13.2. The van der Waals surface area contributed by atoms with Gasteiger partial charge in [0.25, 0.3) is 0 Å². The van der Waals surface area contributed by atoms with Crippen molar-refractivity contribution in [2.24, 2.45) is 7.05 Å². The smallest absolute Gasteiger partial charge is 0.343 e. The van der Waals surface area contributed by atoms with Crippen LogP contribution in [0.25, 0.3) is 10.9 Å². The lowest BCUT2D eigenvalue weighted by Gasteiger charge is -2.09. The zero-order valence-electron chi connectivity index (χ0n) is 10.4. The van der Waals surface area contributed by atoms with Crippen LogP contribution in [-0.4, -0.2) is 17.1 Å². The first-order chi connectivity index (χ1) is 8.95. The van der Waals surface area contributed by atoms with E-state index >= 15 is 0 Å². The second-order valence-electron chi connectivity index (χ2n) is 3.99. The van der Waals surface area contributed by atoms with Crippen molar-refractivity contribution in [1.29, 1.82) is 0 Å². The monoisotopic (exact) mass is 267 g/mol.